The number of rotatable bonds is 4. The molecule has 168 valence electrons. The van der Waals surface area contributed by atoms with Crippen LogP contribution >= 0.6 is 0 Å². The summed E-state index contributed by atoms with van der Waals surface area (Å²) in [5, 5.41) is 3.19. The van der Waals surface area contributed by atoms with Gasteiger partial charge in [-0.3, -0.25) is 0 Å². The Morgan fingerprint density at radius 2 is 1.41 bits per heavy atom. The summed E-state index contributed by atoms with van der Waals surface area (Å²) in [7, 11) is 0. The molecule has 0 saturated heterocycles. The quantitative estimate of drug-likeness (QED) is 0.445. The molecule has 3 aromatic carbocycles. The Morgan fingerprint density at radius 3 is 2.09 bits per heavy atom. The van der Waals surface area contributed by atoms with E-state index in [-0.39, 0.29) is 18.1 Å². The van der Waals surface area contributed by atoms with Gasteiger partial charge in [-0.15, -0.1) is 26.3 Å². The fourth-order valence-corrected chi connectivity index (χ4v) is 3.40. The zero-order valence-electron chi connectivity index (χ0n) is 16.1. The van der Waals surface area contributed by atoms with E-state index in [4.69, 9.17) is 4.74 Å². The number of fused-ring (bicyclic) bond motifs is 1. The maximum atomic E-state index is 12.5. The van der Waals surface area contributed by atoms with Crippen LogP contribution in [0.15, 0.2) is 66.7 Å². The Hall–Kier alpha value is -3.56. The fourth-order valence-electron chi connectivity index (χ4n) is 3.40. The Labute approximate surface area is 178 Å². The summed E-state index contributed by atoms with van der Waals surface area (Å²) in [6, 6.07) is 15.6. The lowest BCUT2D eigenvalue weighted by atomic mass is 10.0. The number of hydrogen-bond acceptors (Lipinski definition) is 4. The summed E-state index contributed by atoms with van der Waals surface area (Å²) in [5.74, 6) is -0.302. The van der Waals surface area contributed by atoms with Gasteiger partial charge in [0.2, 0.25) is 0 Å². The van der Waals surface area contributed by atoms with E-state index in [1.165, 1.54) is 36.4 Å². The van der Waals surface area contributed by atoms with Crippen LogP contribution in [0.25, 0.3) is 11.1 Å². The topological polar surface area (TPSA) is 39.7 Å². The monoisotopic (exact) mass is 455 g/mol. The van der Waals surface area contributed by atoms with Crippen molar-refractivity contribution in [2.75, 3.05) is 11.9 Å². The minimum atomic E-state index is -4.82. The summed E-state index contributed by atoms with van der Waals surface area (Å²) < 4.78 is 89.0. The molecule has 1 aliphatic heterocycles. The fraction of sp³-hybridized carbons (Fsp3) is 0.182. The van der Waals surface area contributed by atoms with Crippen molar-refractivity contribution in [3.63, 3.8) is 0 Å². The van der Waals surface area contributed by atoms with Crippen LogP contribution in [-0.2, 0) is 0 Å². The van der Waals surface area contributed by atoms with Crippen LogP contribution in [0.4, 0.5) is 32.0 Å². The molecule has 0 bridgehead atoms. The first-order valence-corrected chi connectivity index (χ1v) is 9.32. The molecule has 0 aromatic heterocycles. The number of hydrogen-bond donors (Lipinski definition) is 1. The molecule has 3 aromatic rings. The van der Waals surface area contributed by atoms with Crippen molar-refractivity contribution in [3.8, 4) is 28.4 Å². The standard InChI is InChI=1S/C22H15F6NO3/c23-21(24,25)31-15-6-1-4-13(10-15)17-8-3-9-18-20(17)30-12-19(29-18)14-5-2-7-16(11-14)32-22(26,27)28/h1-11,19,29H,12H2. The molecule has 1 N–H and O–H groups in total. The highest BCUT2D eigenvalue weighted by Gasteiger charge is 2.32. The van der Waals surface area contributed by atoms with Crippen LogP contribution in [0.5, 0.6) is 17.2 Å². The van der Waals surface area contributed by atoms with Crippen LogP contribution in [0, 0.1) is 0 Å². The number of benzene rings is 3. The van der Waals surface area contributed by atoms with Crippen LogP contribution in [0.1, 0.15) is 11.6 Å². The van der Waals surface area contributed by atoms with Gasteiger partial charge in [-0.1, -0.05) is 36.4 Å². The van der Waals surface area contributed by atoms with Crippen molar-refractivity contribution in [1.29, 1.82) is 0 Å². The maximum Gasteiger partial charge on any atom is 0.573 e. The zero-order valence-corrected chi connectivity index (χ0v) is 16.1. The number of para-hydroxylation sites is 1. The smallest absolute Gasteiger partial charge is 0.488 e. The Kier molecular flexibility index (Phi) is 5.53. The molecule has 4 rings (SSSR count). The summed E-state index contributed by atoms with van der Waals surface area (Å²) in [6.45, 7) is 0.0816. The van der Waals surface area contributed by atoms with Crippen LogP contribution in [0.2, 0.25) is 0 Å². The predicted octanol–water partition coefficient (Wildman–Crippen LogP) is 6.70. The number of ether oxygens (including phenoxy) is 3. The van der Waals surface area contributed by atoms with Crippen LogP contribution in [-0.4, -0.2) is 19.3 Å². The van der Waals surface area contributed by atoms with E-state index in [0.29, 0.717) is 28.1 Å². The van der Waals surface area contributed by atoms with Gasteiger partial charge in [-0.2, -0.15) is 0 Å². The van der Waals surface area contributed by atoms with E-state index >= 15 is 0 Å². The van der Waals surface area contributed by atoms with Gasteiger partial charge in [-0.25, -0.2) is 0 Å². The van der Waals surface area contributed by atoms with E-state index in [1.54, 1.807) is 30.3 Å². The Balaban J connectivity index is 1.59. The molecule has 0 spiro atoms. The minimum Gasteiger partial charge on any atom is -0.488 e. The molecule has 1 aliphatic rings. The SMILES string of the molecule is FC(F)(F)Oc1cccc(-c2cccc3c2OCC(c2cccc(OC(F)(F)F)c2)N3)c1. The molecule has 1 atom stereocenters. The third-order valence-electron chi connectivity index (χ3n) is 4.61. The highest BCUT2D eigenvalue weighted by molar-refractivity contribution is 5.79. The molecule has 0 amide bonds. The van der Waals surface area contributed by atoms with Gasteiger partial charge in [0.05, 0.1) is 11.7 Å². The molecule has 1 unspecified atom stereocenters. The lowest BCUT2D eigenvalue weighted by Gasteiger charge is -2.29. The molecular weight excluding hydrogens is 440 g/mol. The molecule has 1 heterocycles. The van der Waals surface area contributed by atoms with Gasteiger partial charge in [0.1, 0.15) is 23.9 Å². The molecule has 4 nitrogen and oxygen atoms in total. The Morgan fingerprint density at radius 1 is 0.781 bits per heavy atom. The molecule has 0 saturated carbocycles. The van der Waals surface area contributed by atoms with Crippen molar-refractivity contribution in [2.45, 2.75) is 18.8 Å². The second-order valence-corrected chi connectivity index (χ2v) is 6.89. The van der Waals surface area contributed by atoms with E-state index in [1.807, 2.05) is 0 Å². The summed E-state index contributed by atoms with van der Waals surface area (Å²) in [5.41, 5.74) is 2.05. The molecule has 0 fully saturated rings. The van der Waals surface area contributed by atoms with Gasteiger partial charge in [0.15, 0.2) is 0 Å². The van der Waals surface area contributed by atoms with Crippen molar-refractivity contribution in [1.82, 2.24) is 0 Å². The maximum absolute atomic E-state index is 12.5. The van der Waals surface area contributed by atoms with E-state index in [0.717, 1.165) is 0 Å². The zero-order chi connectivity index (χ0) is 22.9. The number of nitrogens with one attached hydrogen (secondary N) is 1. The third kappa shape index (κ3) is 5.19. The van der Waals surface area contributed by atoms with Crippen LogP contribution < -0.4 is 19.5 Å². The van der Waals surface area contributed by atoms with Crippen LogP contribution in [0.3, 0.4) is 0 Å². The number of halogens is 6. The first-order chi connectivity index (χ1) is 15.1. The highest BCUT2D eigenvalue weighted by atomic mass is 19.4. The van der Waals surface area contributed by atoms with Gasteiger partial charge >= 0.3 is 12.7 Å². The third-order valence-corrected chi connectivity index (χ3v) is 4.61. The second-order valence-electron chi connectivity index (χ2n) is 6.89. The molecule has 32 heavy (non-hydrogen) atoms. The van der Waals surface area contributed by atoms with Gasteiger partial charge in [0, 0.05) is 5.56 Å². The van der Waals surface area contributed by atoms with E-state index < -0.39 is 18.8 Å². The number of alkyl halides is 6. The average molecular weight is 455 g/mol. The lowest BCUT2D eigenvalue weighted by Crippen LogP contribution is -2.24. The largest absolute Gasteiger partial charge is 0.573 e. The van der Waals surface area contributed by atoms with Gasteiger partial charge in [-0.05, 0) is 41.5 Å². The second kappa shape index (κ2) is 8.18. The summed E-state index contributed by atoms with van der Waals surface area (Å²) in [4.78, 5) is 0. The minimum absolute atomic E-state index is 0.0816. The molecular formula is C22H15F6NO3. The van der Waals surface area contributed by atoms with E-state index in [9.17, 15) is 26.3 Å². The van der Waals surface area contributed by atoms with Crippen molar-refractivity contribution < 1.29 is 40.6 Å². The lowest BCUT2D eigenvalue weighted by molar-refractivity contribution is -0.275. The Bertz CT molecular complexity index is 1110. The van der Waals surface area contributed by atoms with Crippen molar-refractivity contribution in [2.24, 2.45) is 0 Å². The normalized spacial score (nSPS) is 15.9. The molecule has 0 radical (unpaired) electrons. The summed E-state index contributed by atoms with van der Waals surface area (Å²) >= 11 is 0. The number of anilines is 1. The van der Waals surface area contributed by atoms with Gasteiger partial charge in [0.25, 0.3) is 0 Å². The summed E-state index contributed by atoms with van der Waals surface area (Å²) in [6.07, 6.45) is -9.62. The first-order valence-electron chi connectivity index (χ1n) is 9.32. The van der Waals surface area contributed by atoms with Gasteiger partial charge < -0.3 is 19.5 Å². The first kappa shape index (κ1) is 21.7. The van der Waals surface area contributed by atoms with Crippen molar-refractivity contribution in [3.05, 3.63) is 72.3 Å². The highest BCUT2D eigenvalue weighted by Crippen LogP contribution is 2.42. The predicted molar refractivity (Wildman–Crippen MR) is 104 cm³/mol. The van der Waals surface area contributed by atoms with Crippen molar-refractivity contribution >= 4 is 5.69 Å². The average Bonchev–Trinajstić information content (AvgIpc) is 2.71. The van der Waals surface area contributed by atoms with E-state index in [2.05, 4.69) is 14.8 Å². The molecule has 10 heteroatoms. The molecule has 0 aliphatic carbocycles.